The summed E-state index contributed by atoms with van der Waals surface area (Å²) in [5.74, 6) is -0.922. The molecule has 0 atom stereocenters. The average molecular weight is 461 g/mol. The largest absolute Gasteiger partial charge is 0.490 e. The fourth-order valence-electron chi connectivity index (χ4n) is 3.89. The molecule has 0 unspecified atom stereocenters. The molecule has 2 aromatic rings. The highest BCUT2D eigenvalue weighted by molar-refractivity contribution is 6.01. The first-order chi connectivity index (χ1) is 15.7. The van der Waals surface area contributed by atoms with Crippen molar-refractivity contribution in [3.63, 3.8) is 0 Å². The van der Waals surface area contributed by atoms with Crippen molar-refractivity contribution in [1.82, 2.24) is 9.47 Å². The number of piperidine rings is 1. The minimum atomic E-state index is -4.90. The van der Waals surface area contributed by atoms with Crippen molar-refractivity contribution >= 4 is 5.78 Å². The number of nitrogens with zero attached hydrogens (tertiary/aromatic N) is 2. The first-order valence-electron chi connectivity index (χ1n) is 11.3. The molecule has 0 N–H and O–H groups in total. The van der Waals surface area contributed by atoms with Gasteiger partial charge < -0.3 is 14.2 Å². The van der Waals surface area contributed by atoms with Crippen molar-refractivity contribution < 1.29 is 22.7 Å². The Morgan fingerprint density at radius 2 is 1.70 bits per heavy atom. The van der Waals surface area contributed by atoms with E-state index in [1.807, 2.05) is 31.2 Å². The van der Waals surface area contributed by atoms with E-state index >= 15 is 0 Å². The second-order valence-corrected chi connectivity index (χ2v) is 8.51. The van der Waals surface area contributed by atoms with Crippen LogP contribution in [0.1, 0.15) is 40.7 Å². The van der Waals surface area contributed by atoms with Crippen molar-refractivity contribution in [2.45, 2.75) is 51.9 Å². The quantitative estimate of drug-likeness (QED) is 0.482. The predicted molar refractivity (Wildman–Crippen MR) is 123 cm³/mol. The zero-order valence-corrected chi connectivity index (χ0v) is 19.1. The Labute approximate surface area is 193 Å². The van der Waals surface area contributed by atoms with Gasteiger partial charge in [-0.2, -0.15) is 13.2 Å². The molecule has 0 amide bonds. The molecule has 1 aliphatic heterocycles. The van der Waals surface area contributed by atoms with Crippen LogP contribution < -0.4 is 4.74 Å². The van der Waals surface area contributed by atoms with Crippen LogP contribution in [0, 0.1) is 13.8 Å². The second kappa shape index (κ2) is 11.4. The highest BCUT2D eigenvalue weighted by Gasteiger charge is 2.39. The minimum Gasteiger partial charge on any atom is -0.490 e. The standard InChI is InChI=1S/C26H31F3N2O2/c1-20-8-10-22(11-9-20)33-23-12-17-30(18-13-23)15-6-16-31-14-5-3-4-7-21(2)24(19-31)25(32)26(27,28)29/h3-5,7-11,14,19,23H,6,12-13,15-18H2,1-2H3. The number of aryl methyl sites for hydroxylation is 3. The van der Waals surface area contributed by atoms with Gasteiger partial charge in [0.1, 0.15) is 11.9 Å². The fourth-order valence-corrected chi connectivity index (χ4v) is 3.89. The van der Waals surface area contributed by atoms with Gasteiger partial charge >= 0.3 is 6.18 Å². The number of alkyl halides is 3. The van der Waals surface area contributed by atoms with Crippen LogP contribution in [0.15, 0.2) is 60.9 Å². The first kappa shape index (κ1) is 24.8. The van der Waals surface area contributed by atoms with Gasteiger partial charge in [0.2, 0.25) is 0 Å². The molecular weight excluding hydrogens is 429 g/mol. The summed E-state index contributed by atoms with van der Waals surface area (Å²) in [6.45, 7) is 6.77. The van der Waals surface area contributed by atoms with Crippen LogP contribution in [0.3, 0.4) is 0 Å². The molecule has 33 heavy (non-hydrogen) atoms. The maximum atomic E-state index is 13.1. The molecule has 3 rings (SSSR count). The van der Waals surface area contributed by atoms with Crippen molar-refractivity contribution in [1.29, 1.82) is 0 Å². The number of halogens is 3. The van der Waals surface area contributed by atoms with Crippen molar-refractivity contribution in [2.24, 2.45) is 0 Å². The first-order valence-corrected chi connectivity index (χ1v) is 11.3. The molecule has 0 radical (unpaired) electrons. The van der Waals surface area contributed by atoms with E-state index in [4.69, 9.17) is 4.74 Å². The highest BCUT2D eigenvalue weighted by atomic mass is 19.4. The van der Waals surface area contributed by atoms with Crippen LogP contribution in [0.25, 0.3) is 0 Å². The van der Waals surface area contributed by atoms with Crippen LogP contribution in [0.2, 0.25) is 0 Å². The Hall–Kier alpha value is -2.80. The summed E-state index contributed by atoms with van der Waals surface area (Å²) < 4.78 is 46.9. The van der Waals surface area contributed by atoms with Crippen LogP contribution in [0.5, 0.6) is 5.75 Å². The van der Waals surface area contributed by atoms with Gasteiger partial charge in [-0.05, 0) is 63.4 Å². The number of benzene rings is 1. The normalized spacial score (nSPS) is 15.2. The minimum absolute atomic E-state index is 0.199. The number of ether oxygens (including phenoxy) is 1. The van der Waals surface area contributed by atoms with Crippen LogP contribution in [-0.2, 0) is 6.54 Å². The summed E-state index contributed by atoms with van der Waals surface area (Å²) in [6, 6.07) is 14.7. The van der Waals surface area contributed by atoms with Gasteiger partial charge in [0.15, 0.2) is 0 Å². The van der Waals surface area contributed by atoms with Crippen LogP contribution in [0.4, 0.5) is 13.2 Å². The van der Waals surface area contributed by atoms with E-state index in [-0.39, 0.29) is 17.2 Å². The third-order valence-electron chi connectivity index (χ3n) is 5.82. The molecule has 4 nitrogen and oxygen atoms in total. The van der Waals surface area contributed by atoms with E-state index in [1.54, 1.807) is 29.0 Å². The summed E-state index contributed by atoms with van der Waals surface area (Å²) in [5.41, 5.74) is 1.17. The van der Waals surface area contributed by atoms with Gasteiger partial charge in [0, 0.05) is 37.6 Å². The lowest BCUT2D eigenvalue weighted by molar-refractivity contribution is -0.0886. The number of carbonyl (C=O) groups is 1. The van der Waals surface area contributed by atoms with Gasteiger partial charge in [0.25, 0.3) is 5.78 Å². The summed E-state index contributed by atoms with van der Waals surface area (Å²) >= 11 is 0. The lowest BCUT2D eigenvalue weighted by Gasteiger charge is -2.32. The summed E-state index contributed by atoms with van der Waals surface area (Å²) in [7, 11) is 0. The molecule has 0 bridgehead atoms. The van der Waals surface area contributed by atoms with Crippen molar-refractivity contribution in [3.8, 4) is 5.75 Å². The van der Waals surface area contributed by atoms with E-state index in [0.29, 0.717) is 6.54 Å². The molecule has 0 saturated carbocycles. The molecule has 2 heterocycles. The molecule has 1 aliphatic rings. The number of carbonyl (C=O) groups excluding carboxylic acids is 1. The van der Waals surface area contributed by atoms with Gasteiger partial charge in [-0.15, -0.1) is 0 Å². The zero-order valence-electron chi connectivity index (χ0n) is 19.1. The number of Topliss-reactive ketones (excluding diaryl/α,β-unsaturated/α-hetero) is 1. The number of rotatable bonds is 7. The summed E-state index contributed by atoms with van der Waals surface area (Å²) in [5, 5.41) is 0. The van der Waals surface area contributed by atoms with E-state index in [0.717, 1.165) is 44.6 Å². The van der Waals surface area contributed by atoms with E-state index in [2.05, 4.69) is 4.90 Å². The molecule has 178 valence electrons. The Morgan fingerprint density at radius 3 is 2.36 bits per heavy atom. The summed E-state index contributed by atoms with van der Waals surface area (Å²) in [6.07, 6.45) is 0.961. The van der Waals surface area contributed by atoms with E-state index < -0.39 is 12.0 Å². The Kier molecular flexibility index (Phi) is 8.55. The Balaban J connectivity index is 1.55. The van der Waals surface area contributed by atoms with Crippen LogP contribution in [-0.4, -0.2) is 47.2 Å². The predicted octanol–water partition coefficient (Wildman–Crippen LogP) is 5.91. The maximum absolute atomic E-state index is 13.1. The SMILES string of the molecule is Cc1ccc(OC2CCN(CCCn3cccccc(C)c(C(=O)C(F)(F)F)c3)CC2)cc1. The fraction of sp³-hybridized carbons (Fsp3) is 0.423. The van der Waals surface area contributed by atoms with Crippen LogP contribution >= 0.6 is 0 Å². The number of hydrogen-bond acceptors (Lipinski definition) is 3. The molecule has 1 aromatic heterocycles. The Morgan fingerprint density at radius 1 is 1.00 bits per heavy atom. The van der Waals surface area contributed by atoms with Gasteiger partial charge in [0.05, 0.1) is 0 Å². The van der Waals surface area contributed by atoms with Gasteiger partial charge in [-0.3, -0.25) is 4.79 Å². The average Bonchev–Trinajstić information content (AvgIpc) is 2.86. The number of likely N-dealkylation sites (tertiary alicyclic amines) is 1. The van der Waals surface area contributed by atoms with Crippen molar-refractivity contribution in [2.75, 3.05) is 19.6 Å². The smallest absolute Gasteiger partial charge is 0.454 e. The molecule has 1 aromatic carbocycles. The lowest BCUT2D eigenvalue weighted by Crippen LogP contribution is -2.38. The second-order valence-electron chi connectivity index (χ2n) is 8.51. The topological polar surface area (TPSA) is 34.5 Å². The van der Waals surface area contributed by atoms with E-state index in [1.165, 1.54) is 24.8 Å². The Bertz CT molecular complexity index is 974. The number of aromatic nitrogens is 1. The third-order valence-corrected chi connectivity index (χ3v) is 5.82. The number of ketones is 1. The number of hydrogen-bond donors (Lipinski definition) is 0. The van der Waals surface area contributed by atoms with Gasteiger partial charge in [-0.25, -0.2) is 0 Å². The van der Waals surface area contributed by atoms with Gasteiger partial charge in [-0.1, -0.05) is 35.9 Å². The molecule has 0 spiro atoms. The molecule has 1 fully saturated rings. The molecule has 7 heteroatoms. The molecule has 1 saturated heterocycles. The third kappa shape index (κ3) is 7.63. The van der Waals surface area contributed by atoms with Crippen molar-refractivity contribution in [3.05, 3.63) is 77.6 Å². The molecule has 0 aliphatic carbocycles. The van der Waals surface area contributed by atoms with E-state index in [9.17, 15) is 18.0 Å². The lowest BCUT2D eigenvalue weighted by atomic mass is 10.1. The zero-order chi connectivity index (χ0) is 23.8. The molecular formula is C26H31F3N2O2. The highest BCUT2D eigenvalue weighted by Crippen LogP contribution is 2.23. The summed E-state index contributed by atoms with van der Waals surface area (Å²) in [4.78, 5) is 14.3. The monoisotopic (exact) mass is 460 g/mol. The maximum Gasteiger partial charge on any atom is 0.454 e.